The molecule has 2 rings (SSSR count). The van der Waals surface area contributed by atoms with Gasteiger partial charge in [-0.05, 0) is 17.7 Å². The molecule has 0 radical (unpaired) electrons. The van der Waals surface area contributed by atoms with Crippen molar-refractivity contribution in [2.45, 2.75) is 6.54 Å². The Balaban J connectivity index is 2.02. The van der Waals surface area contributed by atoms with Gasteiger partial charge in [-0.15, -0.1) is 10.2 Å². The average molecular weight is 286 g/mol. The van der Waals surface area contributed by atoms with E-state index in [1.165, 1.54) is 0 Å². The predicted molar refractivity (Wildman–Crippen MR) is 68.4 cm³/mol. The van der Waals surface area contributed by atoms with E-state index in [-0.39, 0.29) is 11.5 Å². The Morgan fingerprint density at radius 3 is 2.72 bits per heavy atom. The maximum absolute atomic E-state index is 11.7. The summed E-state index contributed by atoms with van der Waals surface area (Å²) in [6, 6.07) is 5.10. The molecule has 1 amide bonds. The van der Waals surface area contributed by atoms with Gasteiger partial charge in [0.1, 0.15) is 0 Å². The summed E-state index contributed by atoms with van der Waals surface area (Å²) in [4.78, 5) is 11.7. The summed E-state index contributed by atoms with van der Waals surface area (Å²) in [7, 11) is 0. The Morgan fingerprint density at radius 2 is 2.11 bits per heavy atom. The molecule has 8 heteroatoms. The van der Waals surface area contributed by atoms with E-state index in [0.29, 0.717) is 16.6 Å². The van der Waals surface area contributed by atoms with Gasteiger partial charge in [0.2, 0.25) is 0 Å². The van der Waals surface area contributed by atoms with Gasteiger partial charge in [0.25, 0.3) is 5.91 Å². The molecule has 94 valence electrons. The highest BCUT2D eigenvalue weighted by molar-refractivity contribution is 6.42. The van der Waals surface area contributed by atoms with Gasteiger partial charge in [0.05, 0.1) is 10.0 Å². The zero-order chi connectivity index (χ0) is 13.1. The lowest BCUT2D eigenvalue weighted by Crippen LogP contribution is -2.24. The van der Waals surface area contributed by atoms with Gasteiger partial charge in [-0.25, -0.2) is 0 Å². The highest BCUT2D eigenvalue weighted by Crippen LogP contribution is 2.22. The number of anilines is 1. The van der Waals surface area contributed by atoms with E-state index < -0.39 is 5.91 Å². The molecule has 0 saturated carbocycles. The molecule has 0 aliphatic carbocycles. The fourth-order valence-corrected chi connectivity index (χ4v) is 1.64. The number of aromatic nitrogens is 3. The Kier molecular flexibility index (Phi) is 3.69. The third-order valence-electron chi connectivity index (χ3n) is 2.23. The minimum atomic E-state index is -0.410. The van der Waals surface area contributed by atoms with Crippen LogP contribution in [0.2, 0.25) is 10.0 Å². The molecule has 0 atom stereocenters. The molecule has 0 unspecified atom stereocenters. The van der Waals surface area contributed by atoms with Crippen LogP contribution in [0.5, 0.6) is 0 Å². The number of carbonyl (C=O) groups is 1. The fourth-order valence-electron chi connectivity index (χ4n) is 1.32. The standard InChI is InChI=1S/C10H9Cl2N5O/c11-6-2-1-5(3-7(6)12)4-14-10(18)8-9(13)16-17-15-8/h1-3H,4H2,(H,14,18)(H3,13,15,16,17). The van der Waals surface area contributed by atoms with E-state index in [1.54, 1.807) is 18.2 Å². The second-order valence-electron chi connectivity index (χ2n) is 3.49. The van der Waals surface area contributed by atoms with Crippen molar-refractivity contribution >= 4 is 34.9 Å². The van der Waals surface area contributed by atoms with E-state index in [2.05, 4.69) is 20.7 Å². The summed E-state index contributed by atoms with van der Waals surface area (Å²) in [6.07, 6.45) is 0. The van der Waals surface area contributed by atoms with E-state index in [1.807, 2.05) is 0 Å². The van der Waals surface area contributed by atoms with Crippen LogP contribution in [-0.4, -0.2) is 21.3 Å². The SMILES string of the molecule is Nc1n[nH]nc1C(=O)NCc1ccc(Cl)c(Cl)c1. The van der Waals surface area contributed by atoms with Crippen LogP contribution >= 0.6 is 23.2 Å². The molecular weight excluding hydrogens is 277 g/mol. The highest BCUT2D eigenvalue weighted by Gasteiger charge is 2.13. The van der Waals surface area contributed by atoms with Crippen LogP contribution in [0.3, 0.4) is 0 Å². The minimum Gasteiger partial charge on any atom is -0.380 e. The van der Waals surface area contributed by atoms with Crippen LogP contribution < -0.4 is 11.1 Å². The van der Waals surface area contributed by atoms with Crippen molar-refractivity contribution in [2.24, 2.45) is 0 Å². The van der Waals surface area contributed by atoms with Crippen molar-refractivity contribution < 1.29 is 4.79 Å². The van der Waals surface area contributed by atoms with E-state index in [9.17, 15) is 4.79 Å². The van der Waals surface area contributed by atoms with E-state index >= 15 is 0 Å². The van der Waals surface area contributed by atoms with E-state index in [4.69, 9.17) is 28.9 Å². The molecule has 1 aromatic carbocycles. The first-order chi connectivity index (χ1) is 8.58. The second-order valence-corrected chi connectivity index (χ2v) is 4.30. The first-order valence-electron chi connectivity index (χ1n) is 4.96. The first kappa shape index (κ1) is 12.7. The predicted octanol–water partition coefficient (Wildman–Crippen LogP) is 1.62. The van der Waals surface area contributed by atoms with Crippen molar-refractivity contribution in [2.75, 3.05) is 5.73 Å². The number of halogens is 2. The first-order valence-corrected chi connectivity index (χ1v) is 5.72. The van der Waals surface area contributed by atoms with Crippen LogP contribution in [0.25, 0.3) is 0 Å². The summed E-state index contributed by atoms with van der Waals surface area (Å²) < 4.78 is 0. The Labute approximate surface area is 112 Å². The number of benzene rings is 1. The molecule has 0 aliphatic rings. The molecule has 0 fully saturated rings. The van der Waals surface area contributed by atoms with Crippen LogP contribution in [0.4, 0.5) is 5.82 Å². The molecule has 4 N–H and O–H groups in total. The van der Waals surface area contributed by atoms with E-state index in [0.717, 1.165) is 5.56 Å². The van der Waals surface area contributed by atoms with Gasteiger partial charge in [0, 0.05) is 6.54 Å². The molecule has 0 aliphatic heterocycles. The highest BCUT2D eigenvalue weighted by atomic mass is 35.5. The summed E-state index contributed by atoms with van der Waals surface area (Å²) >= 11 is 11.6. The molecule has 0 bridgehead atoms. The number of nitrogens with one attached hydrogen (secondary N) is 2. The number of rotatable bonds is 3. The Bertz CT molecular complexity index is 583. The van der Waals surface area contributed by atoms with Crippen LogP contribution in [0, 0.1) is 0 Å². The number of hydrogen-bond donors (Lipinski definition) is 3. The molecule has 1 heterocycles. The maximum Gasteiger partial charge on any atom is 0.275 e. The minimum absolute atomic E-state index is 0.0571. The number of H-pyrrole nitrogens is 1. The molecular formula is C10H9Cl2N5O. The monoisotopic (exact) mass is 285 g/mol. The van der Waals surface area contributed by atoms with Gasteiger partial charge in [-0.2, -0.15) is 5.21 Å². The van der Waals surface area contributed by atoms with Crippen LogP contribution in [-0.2, 0) is 6.54 Å². The van der Waals surface area contributed by atoms with Gasteiger partial charge < -0.3 is 11.1 Å². The number of amides is 1. The van der Waals surface area contributed by atoms with Crippen LogP contribution in [0.1, 0.15) is 16.1 Å². The zero-order valence-electron chi connectivity index (χ0n) is 9.08. The normalized spacial score (nSPS) is 10.3. The number of nitrogens with zero attached hydrogens (tertiary/aromatic N) is 2. The second kappa shape index (κ2) is 5.24. The summed E-state index contributed by atoms with van der Waals surface area (Å²) in [5.41, 5.74) is 6.33. The van der Waals surface area contributed by atoms with Crippen molar-refractivity contribution in [3.63, 3.8) is 0 Å². The molecule has 0 spiro atoms. The van der Waals surface area contributed by atoms with Crippen molar-refractivity contribution in [1.29, 1.82) is 0 Å². The number of hydrogen-bond acceptors (Lipinski definition) is 4. The number of nitrogen functional groups attached to an aromatic ring is 1. The molecule has 1 aromatic heterocycles. The molecule has 0 saturated heterocycles. The van der Waals surface area contributed by atoms with Gasteiger partial charge >= 0.3 is 0 Å². The molecule has 6 nitrogen and oxygen atoms in total. The van der Waals surface area contributed by atoms with Crippen molar-refractivity contribution in [3.8, 4) is 0 Å². The van der Waals surface area contributed by atoms with Gasteiger partial charge in [0.15, 0.2) is 11.5 Å². The lowest BCUT2D eigenvalue weighted by Gasteiger charge is -2.05. The lowest BCUT2D eigenvalue weighted by atomic mass is 10.2. The quantitative estimate of drug-likeness (QED) is 0.798. The fraction of sp³-hybridized carbons (Fsp3) is 0.100. The lowest BCUT2D eigenvalue weighted by molar-refractivity contribution is 0.0947. The van der Waals surface area contributed by atoms with Gasteiger partial charge in [-0.1, -0.05) is 29.3 Å². The number of carbonyl (C=O) groups excluding carboxylic acids is 1. The third-order valence-corrected chi connectivity index (χ3v) is 2.97. The van der Waals surface area contributed by atoms with Crippen LogP contribution in [0.15, 0.2) is 18.2 Å². The zero-order valence-corrected chi connectivity index (χ0v) is 10.6. The topological polar surface area (TPSA) is 96.7 Å². The third kappa shape index (κ3) is 2.72. The summed E-state index contributed by atoms with van der Waals surface area (Å²) in [5, 5.41) is 13.0. The molecule has 2 aromatic rings. The Hall–Kier alpha value is -1.79. The number of nitrogens with two attached hydrogens (primary N) is 1. The Morgan fingerprint density at radius 1 is 1.33 bits per heavy atom. The summed E-state index contributed by atoms with van der Waals surface area (Å²) in [6.45, 7) is 0.294. The van der Waals surface area contributed by atoms with Crippen molar-refractivity contribution in [3.05, 3.63) is 39.5 Å². The smallest absolute Gasteiger partial charge is 0.275 e. The largest absolute Gasteiger partial charge is 0.380 e. The average Bonchev–Trinajstić information content (AvgIpc) is 2.77. The maximum atomic E-state index is 11.7. The summed E-state index contributed by atoms with van der Waals surface area (Å²) in [5.74, 6) is -0.353. The molecule has 18 heavy (non-hydrogen) atoms. The van der Waals surface area contributed by atoms with Crippen molar-refractivity contribution in [1.82, 2.24) is 20.7 Å². The number of aromatic amines is 1. The van der Waals surface area contributed by atoms with Gasteiger partial charge in [-0.3, -0.25) is 4.79 Å².